The Kier molecular flexibility index (Phi) is 9.56. The average molecular weight is 545 g/mol. The third-order valence-corrected chi connectivity index (χ3v) is 8.43. The molecule has 4 rings (SSSR count). The number of piperazine rings is 1. The van der Waals surface area contributed by atoms with E-state index in [1.807, 2.05) is 43.6 Å². The molecule has 2 aliphatic rings. The Bertz CT molecular complexity index is 1100. The lowest BCUT2D eigenvalue weighted by molar-refractivity contribution is -0.156. The molecule has 1 saturated carbocycles. The summed E-state index contributed by atoms with van der Waals surface area (Å²) >= 11 is 7.45. The molecule has 10 heteroatoms. The van der Waals surface area contributed by atoms with Crippen molar-refractivity contribution >= 4 is 46.8 Å². The topological polar surface area (TPSA) is 72.9 Å². The second kappa shape index (κ2) is 12.8. The van der Waals surface area contributed by atoms with Crippen molar-refractivity contribution < 1.29 is 9.59 Å². The lowest BCUT2D eigenvalue weighted by atomic mass is 9.80. The van der Waals surface area contributed by atoms with E-state index in [-0.39, 0.29) is 5.91 Å². The minimum atomic E-state index is -0.402. The molecule has 0 unspecified atom stereocenters. The van der Waals surface area contributed by atoms with Gasteiger partial charge < -0.3 is 19.6 Å². The van der Waals surface area contributed by atoms with E-state index in [4.69, 9.17) is 16.6 Å². The summed E-state index contributed by atoms with van der Waals surface area (Å²) in [5.74, 6) is 0.840. The molecule has 37 heavy (non-hydrogen) atoms. The molecular formula is C27H37ClN6O2S. The van der Waals surface area contributed by atoms with Gasteiger partial charge in [-0.25, -0.2) is 9.97 Å². The van der Waals surface area contributed by atoms with Gasteiger partial charge in [-0.2, -0.15) is 0 Å². The molecule has 0 radical (unpaired) electrons. The van der Waals surface area contributed by atoms with Crippen LogP contribution in [0.15, 0.2) is 30.5 Å². The summed E-state index contributed by atoms with van der Waals surface area (Å²) in [5, 5.41) is 0. The van der Waals surface area contributed by atoms with Gasteiger partial charge in [-0.1, -0.05) is 17.7 Å². The second-order valence-electron chi connectivity index (χ2n) is 10.3. The largest absolute Gasteiger partial charge is 0.343 e. The molecule has 2 amide bonds. The van der Waals surface area contributed by atoms with Crippen LogP contribution in [-0.2, 0) is 9.59 Å². The molecule has 0 bridgehead atoms. The van der Waals surface area contributed by atoms with E-state index in [0.29, 0.717) is 38.0 Å². The van der Waals surface area contributed by atoms with Crippen LogP contribution in [0.1, 0.15) is 42.2 Å². The van der Waals surface area contributed by atoms with Gasteiger partial charge in [-0.05, 0) is 70.0 Å². The van der Waals surface area contributed by atoms with Gasteiger partial charge in [0, 0.05) is 69.0 Å². The number of carbonyl (C=O) groups is 2. The van der Waals surface area contributed by atoms with Crippen LogP contribution in [-0.4, -0.2) is 96.9 Å². The first-order valence-corrected chi connectivity index (χ1v) is 14.2. The van der Waals surface area contributed by atoms with Crippen molar-refractivity contribution in [1.29, 1.82) is 0 Å². The van der Waals surface area contributed by atoms with Crippen molar-refractivity contribution in [3.8, 4) is 0 Å². The van der Waals surface area contributed by atoms with Crippen molar-refractivity contribution in [2.24, 2.45) is 5.92 Å². The van der Waals surface area contributed by atoms with Crippen LogP contribution in [0.2, 0.25) is 4.34 Å². The Morgan fingerprint density at radius 2 is 1.76 bits per heavy atom. The van der Waals surface area contributed by atoms with Crippen LogP contribution >= 0.6 is 22.9 Å². The maximum absolute atomic E-state index is 12.8. The molecule has 1 saturated heterocycles. The molecule has 8 nitrogen and oxygen atoms in total. The van der Waals surface area contributed by atoms with E-state index in [1.165, 1.54) is 11.3 Å². The predicted octanol–water partition coefficient (Wildman–Crippen LogP) is 3.85. The summed E-state index contributed by atoms with van der Waals surface area (Å²) in [6.07, 6.45) is 9.89. The molecule has 0 aromatic carbocycles. The highest BCUT2D eigenvalue weighted by atomic mass is 35.5. The van der Waals surface area contributed by atoms with Gasteiger partial charge in [0.25, 0.3) is 0 Å². The zero-order valence-electron chi connectivity index (χ0n) is 22.0. The normalized spacial score (nSPS) is 20.9. The summed E-state index contributed by atoms with van der Waals surface area (Å²) in [6, 6.07) is 5.83. The zero-order chi connectivity index (χ0) is 26.4. The third kappa shape index (κ3) is 7.52. The summed E-state index contributed by atoms with van der Waals surface area (Å²) in [5.41, 5.74) is 1.11. The van der Waals surface area contributed by atoms with Gasteiger partial charge in [-0.3, -0.25) is 9.59 Å². The average Bonchev–Trinajstić information content (AvgIpc) is 3.32. The molecule has 2 aromatic heterocycles. The van der Waals surface area contributed by atoms with Crippen LogP contribution in [0.4, 0.5) is 5.95 Å². The van der Waals surface area contributed by atoms with Gasteiger partial charge in [0.15, 0.2) is 0 Å². The fourth-order valence-corrected chi connectivity index (χ4v) is 5.94. The van der Waals surface area contributed by atoms with Crippen LogP contribution in [0.25, 0.3) is 6.08 Å². The lowest BCUT2D eigenvalue weighted by Gasteiger charge is -2.37. The standard InChI is InChI=1S/C27H37ClN6O2S/c1-31(2)15-16-32(3)27-29-13-12-23(30-27)21-8-6-20(7-9-21)19-34-18-17-33(25(35)26(34)36)14-4-5-22-10-11-24(28)37-22/h4-5,10-13,20-21H,6-9,14-19H2,1-3H3/b5-4+. The number of amides is 2. The summed E-state index contributed by atoms with van der Waals surface area (Å²) in [7, 11) is 6.16. The highest BCUT2D eigenvalue weighted by Crippen LogP contribution is 2.35. The molecule has 1 aliphatic carbocycles. The Morgan fingerprint density at radius 1 is 1.03 bits per heavy atom. The summed E-state index contributed by atoms with van der Waals surface area (Å²) in [6.45, 7) is 4.09. The number of hydrogen-bond acceptors (Lipinski definition) is 7. The molecule has 2 aromatic rings. The molecule has 2 fully saturated rings. The molecular weight excluding hydrogens is 508 g/mol. The number of rotatable bonds is 10. The Balaban J connectivity index is 1.23. The molecule has 200 valence electrons. The maximum atomic E-state index is 12.8. The van der Waals surface area contributed by atoms with Crippen molar-refractivity contribution in [1.82, 2.24) is 24.7 Å². The van der Waals surface area contributed by atoms with E-state index in [9.17, 15) is 9.59 Å². The van der Waals surface area contributed by atoms with E-state index in [0.717, 1.165) is 59.6 Å². The minimum Gasteiger partial charge on any atom is -0.343 e. The van der Waals surface area contributed by atoms with E-state index in [1.54, 1.807) is 9.80 Å². The summed E-state index contributed by atoms with van der Waals surface area (Å²) < 4.78 is 0.735. The number of halogens is 1. The quantitative estimate of drug-likeness (QED) is 0.423. The number of carbonyl (C=O) groups excluding carboxylic acids is 2. The van der Waals surface area contributed by atoms with Crippen molar-refractivity contribution in [2.75, 3.05) is 65.3 Å². The number of aromatic nitrogens is 2. The highest BCUT2D eigenvalue weighted by Gasteiger charge is 2.34. The monoisotopic (exact) mass is 544 g/mol. The predicted molar refractivity (Wildman–Crippen MR) is 150 cm³/mol. The molecule has 0 atom stereocenters. The van der Waals surface area contributed by atoms with Crippen molar-refractivity contribution in [3.05, 3.63) is 45.4 Å². The highest BCUT2D eigenvalue weighted by molar-refractivity contribution is 7.16. The second-order valence-corrected chi connectivity index (χ2v) is 12.0. The third-order valence-electron chi connectivity index (χ3n) is 7.23. The molecule has 1 aliphatic heterocycles. The number of thiophene rings is 1. The minimum absolute atomic E-state index is 0.373. The Morgan fingerprint density at radius 3 is 2.46 bits per heavy atom. The van der Waals surface area contributed by atoms with Gasteiger partial charge >= 0.3 is 11.8 Å². The van der Waals surface area contributed by atoms with E-state index >= 15 is 0 Å². The van der Waals surface area contributed by atoms with E-state index < -0.39 is 5.91 Å². The van der Waals surface area contributed by atoms with Crippen LogP contribution in [0.3, 0.4) is 0 Å². The lowest BCUT2D eigenvalue weighted by Crippen LogP contribution is -2.55. The van der Waals surface area contributed by atoms with Crippen LogP contribution in [0.5, 0.6) is 0 Å². The first-order chi connectivity index (χ1) is 17.8. The van der Waals surface area contributed by atoms with Gasteiger partial charge in [0.2, 0.25) is 5.95 Å². The molecule has 0 spiro atoms. The zero-order valence-corrected chi connectivity index (χ0v) is 23.5. The number of likely N-dealkylation sites (N-methyl/N-ethyl adjacent to an activating group) is 2. The fraction of sp³-hybridized carbons (Fsp3) is 0.556. The first-order valence-electron chi connectivity index (χ1n) is 13.0. The maximum Gasteiger partial charge on any atom is 0.312 e. The fourth-order valence-electron chi connectivity index (χ4n) is 4.95. The van der Waals surface area contributed by atoms with Crippen molar-refractivity contribution in [2.45, 2.75) is 31.6 Å². The van der Waals surface area contributed by atoms with Gasteiger partial charge in [-0.15, -0.1) is 11.3 Å². The van der Waals surface area contributed by atoms with Crippen LogP contribution < -0.4 is 4.90 Å². The molecule has 0 N–H and O–H groups in total. The number of hydrogen-bond donors (Lipinski definition) is 0. The van der Waals surface area contributed by atoms with Gasteiger partial charge in [0.05, 0.1) is 4.34 Å². The summed E-state index contributed by atoms with van der Waals surface area (Å²) in [4.78, 5) is 43.5. The first kappa shape index (κ1) is 27.5. The Labute approximate surface area is 228 Å². The number of nitrogens with zero attached hydrogens (tertiary/aromatic N) is 6. The number of anilines is 1. The molecule has 3 heterocycles. The Hall–Kier alpha value is -2.49. The van der Waals surface area contributed by atoms with Gasteiger partial charge in [0.1, 0.15) is 0 Å². The van der Waals surface area contributed by atoms with E-state index in [2.05, 4.69) is 28.9 Å². The van der Waals surface area contributed by atoms with Crippen LogP contribution in [0, 0.1) is 5.92 Å². The van der Waals surface area contributed by atoms with Crippen molar-refractivity contribution in [3.63, 3.8) is 0 Å². The smallest absolute Gasteiger partial charge is 0.312 e. The SMILES string of the molecule is CN(C)CCN(C)c1nccc(C2CCC(CN3CCN(C/C=C/c4ccc(Cl)s4)C(=O)C3=O)CC2)n1.